The predicted octanol–water partition coefficient (Wildman–Crippen LogP) is 4.72. The van der Waals surface area contributed by atoms with Gasteiger partial charge in [0.05, 0.1) is 12.2 Å². The Morgan fingerprint density at radius 3 is 2.84 bits per heavy atom. The van der Waals surface area contributed by atoms with Crippen LogP contribution in [0.2, 0.25) is 0 Å². The number of piperidine rings is 1. The van der Waals surface area contributed by atoms with Crippen molar-refractivity contribution >= 4 is 35.1 Å². The maximum Gasteiger partial charge on any atom is 0.107 e. The van der Waals surface area contributed by atoms with Gasteiger partial charge >= 0.3 is 0 Å². The van der Waals surface area contributed by atoms with Crippen molar-refractivity contribution in [3.8, 4) is 0 Å². The number of thiophene rings is 1. The molecule has 4 rings (SSSR count). The third kappa shape index (κ3) is 4.45. The van der Waals surface area contributed by atoms with Crippen LogP contribution in [0.1, 0.15) is 48.9 Å². The van der Waals surface area contributed by atoms with E-state index in [0.717, 1.165) is 25.6 Å². The lowest BCUT2D eigenvalue weighted by Crippen LogP contribution is -2.35. The van der Waals surface area contributed by atoms with Crippen LogP contribution in [0.15, 0.2) is 22.2 Å². The Balaban J connectivity index is 0.00000182. The first-order chi connectivity index (χ1) is 11.8. The molecule has 1 saturated heterocycles. The van der Waals surface area contributed by atoms with Gasteiger partial charge in [-0.2, -0.15) is 11.3 Å². The van der Waals surface area contributed by atoms with Crippen LogP contribution in [0, 0.1) is 5.41 Å². The second-order valence-electron chi connectivity index (χ2n) is 7.35. The number of nitrogens with zero attached hydrogens (tertiary/aromatic N) is 2. The fraction of sp³-hybridized carbons (Fsp3) is 0.632. The topological polar surface area (TPSA) is 28.2 Å². The zero-order valence-corrected chi connectivity index (χ0v) is 17.3. The molecule has 1 spiro atoms. The second kappa shape index (κ2) is 8.49. The molecule has 0 amide bonds. The second-order valence-corrected chi connectivity index (χ2v) is 9.07. The Labute approximate surface area is 165 Å². The number of aromatic nitrogens is 1. The fourth-order valence-electron chi connectivity index (χ4n) is 4.16. The first-order valence-electron chi connectivity index (χ1n) is 9.18. The largest absolute Gasteiger partial charge is 0.317 e. The van der Waals surface area contributed by atoms with Crippen molar-refractivity contribution in [1.29, 1.82) is 0 Å². The van der Waals surface area contributed by atoms with Crippen LogP contribution in [0.25, 0.3) is 0 Å². The number of rotatable bonds is 7. The normalized spacial score (nSPS) is 21.4. The average molecular weight is 398 g/mol. The van der Waals surface area contributed by atoms with Crippen LogP contribution in [-0.4, -0.2) is 29.0 Å². The van der Waals surface area contributed by atoms with Gasteiger partial charge in [-0.1, -0.05) is 13.3 Å². The van der Waals surface area contributed by atoms with Crippen molar-refractivity contribution in [2.75, 3.05) is 13.1 Å². The predicted molar refractivity (Wildman–Crippen MR) is 110 cm³/mol. The molecule has 1 aliphatic carbocycles. The Morgan fingerprint density at radius 2 is 2.12 bits per heavy atom. The van der Waals surface area contributed by atoms with Crippen molar-refractivity contribution in [2.24, 2.45) is 5.41 Å². The standard InChI is InChI=1S/C19H27N3S2.ClH/c1-2-3-16-14-24-18(21-16)12-22(11-15-4-9-23-13-15)17-10-19(17)5-7-20-8-6-19;/h4,9,13-14,17,20H,2-3,5-8,10-12H2,1H3;1H. The van der Waals surface area contributed by atoms with E-state index in [1.54, 1.807) is 0 Å². The molecular weight excluding hydrogens is 370 g/mol. The Hall–Kier alpha value is -0.460. The summed E-state index contributed by atoms with van der Waals surface area (Å²) in [4.78, 5) is 7.59. The van der Waals surface area contributed by atoms with Crippen molar-refractivity contribution in [1.82, 2.24) is 15.2 Å². The summed E-state index contributed by atoms with van der Waals surface area (Å²) in [6, 6.07) is 3.03. The van der Waals surface area contributed by atoms with Crippen molar-refractivity contribution in [3.05, 3.63) is 38.5 Å². The number of thiazole rings is 1. The fourth-order valence-corrected chi connectivity index (χ4v) is 5.68. The Kier molecular flexibility index (Phi) is 6.55. The molecule has 1 N–H and O–H groups in total. The highest BCUT2D eigenvalue weighted by molar-refractivity contribution is 7.09. The van der Waals surface area contributed by atoms with E-state index in [1.165, 1.54) is 55.0 Å². The molecule has 6 heteroatoms. The highest BCUT2D eigenvalue weighted by atomic mass is 35.5. The molecule has 0 bridgehead atoms. The van der Waals surface area contributed by atoms with E-state index in [9.17, 15) is 0 Å². The summed E-state index contributed by atoms with van der Waals surface area (Å²) >= 11 is 3.66. The summed E-state index contributed by atoms with van der Waals surface area (Å²) in [6.07, 6.45) is 6.36. The van der Waals surface area contributed by atoms with Crippen molar-refractivity contribution in [2.45, 2.75) is 58.2 Å². The molecule has 3 heterocycles. The Morgan fingerprint density at radius 1 is 1.28 bits per heavy atom. The number of hydrogen-bond donors (Lipinski definition) is 1. The van der Waals surface area contributed by atoms with Crippen LogP contribution in [0.4, 0.5) is 0 Å². The van der Waals surface area contributed by atoms with E-state index < -0.39 is 0 Å². The molecule has 2 fully saturated rings. The van der Waals surface area contributed by atoms with E-state index in [2.05, 4.69) is 39.3 Å². The van der Waals surface area contributed by atoms with Crippen LogP contribution in [-0.2, 0) is 19.5 Å². The van der Waals surface area contributed by atoms with E-state index >= 15 is 0 Å². The summed E-state index contributed by atoms with van der Waals surface area (Å²) < 4.78 is 0. The third-order valence-electron chi connectivity index (χ3n) is 5.60. The lowest BCUT2D eigenvalue weighted by atomic mass is 9.93. The average Bonchev–Trinajstić information content (AvgIpc) is 2.98. The molecule has 1 atom stereocenters. The summed E-state index contributed by atoms with van der Waals surface area (Å²) in [6.45, 7) is 6.71. The molecule has 1 unspecified atom stereocenters. The highest BCUT2D eigenvalue weighted by Crippen LogP contribution is 2.56. The molecule has 138 valence electrons. The van der Waals surface area contributed by atoms with E-state index in [-0.39, 0.29) is 12.4 Å². The minimum Gasteiger partial charge on any atom is -0.317 e. The van der Waals surface area contributed by atoms with Gasteiger partial charge < -0.3 is 5.32 Å². The maximum atomic E-state index is 4.88. The van der Waals surface area contributed by atoms with Gasteiger partial charge in [0.1, 0.15) is 5.01 Å². The number of halogens is 1. The van der Waals surface area contributed by atoms with E-state index in [0.29, 0.717) is 5.41 Å². The first-order valence-corrected chi connectivity index (χ1v) is 11.0. The number of aryl methyl sites for hydroxylation is 1. The summed E-state index contributed by atoms with van der Waals surface area (Å²) in [7, 11) is 0. The van der Waals surface area contributed by atoms with Crippen molar-refractivity contribution < 1.29 is 0 Å². The van der Waals surface area contributed by atoms with Gasteiger partial charge in [0, 0.05) is 18.0 Å². The summed E-state index contributed by atoms with van der Waals surface area (Å²) in [5, 5.41) is 11.6. The molecule has 1 aliphatic heterocycles. The van der Waals surface area contributed by atoms with Gasteiger partial charge in [0.2, 0.25) is 0 Å². The number of hydrogen-bond acceptors (Lipinski definition) is 5. The third-order valence-corrected chi connectivity index (χ3v) is 7.21. The van der Waals surface area contributed by atoms with Gasteiger partial charge in [-0.3, -0.25) is 4.90 Å². The molecular formula is C19H28ClN3S2. The molecule has 2 aliphatic rings. The molecule has 25 heavy (non-hydrogen) atoms. The van der Waals surface area contributed by atoms with Crippen LogP contribution in [0.5, 0.6) is 0 Å². The van der Waals surface area contributed by atoms with Gasteiger partial charge in [0.15, 0.2) is 0 Å². The molecule has 2 aromatic heterocycles. The molecule has 2 aromatic rings. The summed E-state index contributed by atoms with van der Waals surface area (Å²) in [5.74, 6) is 0. The zero-order valence-electron chi connectivity index (χ0n) is 14.9. The highest BCUT2D eigenvalue weighted by Gasteiger charge is 2.56. The smallest absolute Gasteiger partial charge is 0.107 e. The van der Waals surface area contributed by atoms with Gasteiger partial charge in [0.25, 0.3) is 0 Å². The SMILES string of the molecule is CCCc1csc(CN(Cc2ccsc2)C2CC23CCNCC3)n1.Cl. The van der Waals surface area contributed by atoms with E-state index in [1.807, 2.05) is 22.7 Å². The van der Waals surface area contributed by atoms with Crippen LogP contribution in [0.3, 0.4) is 0 Å². The molecule has 0 aromatic carbocycles. The van der Waals surface area contributed by atoms with Gasteiger partial charge in [-0.25, -0.2) is 4.98 Å². The molecule has 3 nitrogen and oxygen atoms in total. The quantitative estimate of drug-likeness (QED) is 0.732. The van der Waals surface area contributed by atoms with Crippen LogP contribution >= 0.6 is 35.1 Å². The van der Waals surface area contributed by atoms with Crippen LogP contribution < -0.4 is 5.32 Å². The minimum atomic E-state index is 0. The monoisotopic (exact) mass is 397 g/mol. The minimum absolute atomic E-state index is 0. The number of nitrogens with one attached hydrogen (secondary N) is 1. The van der Waals surface area contributed by atoms with E-state index in [4.69, 9.17) is 4.98 Å². The first kappa shape index (κ1) is 19.3. The maximum absolute atomic E-state index is 4.88. The van der Waals surface area contributed by atoms with Crippen molar-refractivity contribution in [3.63, 3.8) is 0 Å². The Bertz CT molecular complexity index is 649. The molecule has 0 radical (unpaired) electrons. The lowest BCUT2D eigenvalue weighted by molar-refractivity contribution is 0.188. The van der Waals surface area contributed by atoms with Gasteiger partial charge in [-0.05, 0) is 66.6 Å². The zero-order chi connectivity index (χ0) is 16.4. The lowest BCUT2D eigenvalue weighted by Gasteiger charge is -2.29. The molecule has 1 saturated carbocycles. The summed E-state index contributed by atoms with van der Waals surface area (Å²) in [5.41, 5.74) is 3.33. The van der Waals surface area contributed by atoms with Gasteiger partial charge in [-0.15, -0.1) is 23.7 Å².